The molecule has 2 aromatic carbocycles. The van der Waals surface area contributed by atoms with Crippen molar-refractivity contribution in [3.8, 4) is 0 Å². The molecule has 0 saturated carbocycles. The average molecular weight is 382 g/mol. The highest BCUT2D eigenvalue weighted by atomic mass is 16.2. The number of amides is 1. The van der Waals surface area contributed by atoms with Gasteiger partial charge in [0, 0.05) is 35.2 Å². The van der Waals surface area contributed by atoms with Crippen LogP contribution < -0.4 is 15.5 Å². The molecule has 1 atom stereocenters. The number of quaternary nitrogens is 2. The number of nitrogens with one attached hydrogen (secondary N) is 2. The van der Waals surface area contributed by atoms with E-state index in [1.807, 2.05) is 6.92 Å². The molecular formula is C23H31N3O2+2. The number of hydrogen-bond acceptors (Lipinski definition) is 2. The fourth-order valence-corrected chi connectivity index (χ4v) is 3.71. The van der Waals surface area contributed by atoms with Crippen molar-refractivity contribution in [3.63, 3.8) is 0 Å². The number of ketones is 1. The minimum Gasteiger partial charge on any atom is -0.332 e. The van der Waals surface area contributed by atoms with E-state index in [-0.39, 0.29) is 17.7 Å². The molecule has 1 fully saturated rings. The number of anilines is 1. The fourth-order valence-electron chi connectivity index (χ4n) is 3.71. The molecule has 0 bridgehead atoms. The van der Waals surface area contributed by atoms with Crippen LogP contribution in [0.5, 0.6) is 0 Å². The van der Waals surface area contributed by atoms with E-state index >= 15 is 0 Å². The molecule has 1 aliphatic rings. The van der Waals surface area contributed by atoms with E-state index in [2.05, 4.69) is 34.9 Å². The van der Waals surface area contributed by atoms with Gasteiger partial charge in [0.15, 0.2) is 11.8 Å². The number of hydrogen-bond donors (Lipinski definition) is 3. The van der Waals surface area contributed by atoms with Crippen LogP contribution in [0.4, 0.5) is 5.69 Å². The van der Waals surface area contributed by atoms with Crippen molar-refractivity contribution < 1.29 is 19.8 Å². The molecule has 1 heterocycles. The molecule has 5 nitrogen and oxygen atoms in total. The van der Waals surface area contributed by atoms with Crippen LogP contribution in [-0.2, 0) is 17.9 Å². The average Bonchev–Trinajstić information content (AvgIpc) is 3.20. The third kappa shape index (κ3) is 5.50. The minimum atomic E-state index is -0.195. The van der Waals surface area contributed by atoms with Crippen molar-refractivity contribution in [1.29, 1.82) is 0 Å². The first kappa shape index (κ1) is 20.2. The summed E-state index contributed by atoms with van der Waals surface area (Å²) < 4.78 is 0. The monoisotopic (exact) mass is 381 g/mol. The van der Waals surface area contributed by atoms with Crippen LogP contribution in [-0.4, -0.2) is 30.8 Å². The number of rotatable bonds is 8. The zero-order valence-corrected chi connectivity index (χ0v) is 16.8. The molecule has 1 aliphatic heterocycles. The molecule has 148 valence electrons. The first-order valence-corrected chi connectivity index (χ1v) is 10.2. The number of benzene rings is 2. The van der Waals surface area contributed by atoms with Crippen LogP contribution in [0.1, 0.15) is 48.2 Å². The highest BCUT2D eigenvalue weighted by Gasteiger charge is 2.20. The Morgan fingerprint density at radius 3 is 2.32 bits per heavy atom. The smallest absolute Gasteiger partial charge is 0.282 e. The number of carbonyl (C=O) groups is 2. The molecule has 3 rings (SSSR count). The standard InChI is InChI=1S/C23H29N3O2/c1-17(23(28)25-22-11-9-19(10-12-22)18(2)27)24-15-20-7-3-4-8-21(20)16-26-13-5-6-14-26/h3-4,7-12,17,24H,5-6,13-16H2,1-2H3,(H,25,28)/p+2/t17-/m0/s1. The third-order valence-corrected chi connectivity index (χ3v) is 5.53. The molecule has 5 heteroatoms. The van der Waals surface area contributed by atoms with E-state index in [0.717, 1.165) is 13.1 Å². The van der Waals surface area contributed by atoms with Crippen LogP contribution in [0.25, 0.3) is 0 Å². The second-order valence-electron chi connectivity index (χ2n) is 7.75. The van der Waals surface area contributed by atoms with E-state index in [1.165, 1.54) is 44.0 Å². The van der Waals surface area contributed by atoms with Gasteiger partial charge in [-0.25, -0.2) is 0 Å². The zero-order chi connectivity index (χ0) is 19.9. The van der Waals surface area contributed by atoms with Crippen molar-refractivity contribution in [2.45, 2.75) is 45.8 Å². The van der Waals surface area contributed by atoms with Gasteiger partial charge in [-0.2, -0.15) is 0 Å². The number of nitrogens with two attached hydrogens (primary N) is 1. The topological polar surface area (TPSA) is 67.2 Å². The molecule has 0 radical (unpaired) electrons. The molecule has 28 heavy (non-hydrogen) atoms. The van der Waals surface area contributed by atoms with Gasteiger partial charge in [-0.3, -0.25) is 9.59 Å². The Hall–Kier alpha value is -2.50. The van der Waals surface area contributed by atoms with Gasteiger partial charge in [-0.05, 0) is 38.1 Å². The Morgan fingerprint density at radius 2 is 1.68 bits per heavy atom. The van der Waals surface area contributed by atoms with Gasteiger partial charge in [0.05, 0.1) is 13.1 Å². The second kappa shape index (κ2) is 9.62. The molecule has 2 aromatic rings. The van der Waals surface area contributed by atoms with Gasteiger partial charge in [-0.1, -0.05) is 24.3 Å². The van der Waals surface area contributed by atoms with E-state index in [1.54, 1.807) is 29.2 Å². The Labute approximate surface area is 167 Å². The van der Waals surface area contributed by atoms with Crippen molar-refractivity contribution >= 4 is 17.4 Å². The van der Waals surface area contributed by atoms with Crippen LogP contribution >= 0.6 is 0 Å². The molecule has 0 aliphatic carbocycles. The third-order valence-electron chi connectivity index (χ3n) is 5.53. The van der Waals surface area contributed by atoms with E-state index in [4.69, 9.17) is 0 Å². The second-order valence-corrected chi connectivity index (χ2v) is 7.75. The lowest BCUT2D eigenvalue weighted by Gasteiger charge is -2.16. The van der Waals surface area contributed by atoms with Crippen LogP contribution in [0.3, 0.4) is 0 Å². The molecule has 0 spiro atoms. The molecule has 4 N–H and O–H groups in total. The van der Waals surface area contributed by atoms with Crippen LogP contribution in [0, 0.1) is 0 Å². The van der Waals surface area contributed by atoms with E-state index in [9.17, 15) is 9.59 Å². The van der Waals surface area contributed by atoms with E-state index in [0.29, 0.717) is 11.3 Å². The van der Waals surface area contributed by atoms with Gasteiger partial charge < -0.3 is 15.5 Å². The van der Waals surface area contributed by atoms with Gasteiger partial charge >= 0.3 is 0 Å². The molecule has 0 aromatic heterocycles. The minimum absolute atomic E-state index is 0.0222. The van der Waals surface area contributed by atoms with E-state index < -0.39 is 0 Å². The predicted octanol–water partition coefficient (Wildman–Crippen LogP) is 1.16. The summed E-state index contributed by atoms with van der Waals surface area (Å²) in [7, 11) is 0. The Morgan fingerprint density at radius 1 is 1.04 bits per heavy atom. The predicted molar refractivity (Wildman–Crippen MR) is 110 cm³/mol. The van der Waals surface area contributed by atoms with Gasteiger partial charge in [-0.15, -0.1) is 0 Å². The summed E-state index contributed by atoms with van der Waals surface area (Å²) in [4.78, 5) is 25.5. The van der Waals surface area contributed by atoms with Crippen LogP contribution in [0.15, 0.2) is 48.5 Å². The summed E-state index contributed by atoms with van der Waals surface area (Å²) in [6.07, 6.45) is 2.66. The van der Waals surface area contributed by atoms with Gasteiger partial charge in [0.25, 0.3) is 5.91 Å². The maximum Gasteiger partial charge on any atom is 0.282 e. The Bertz CT molecular complexity index is 811. The summed E-state index contributed by atoms with van der Waals surface area (Å²) in [5.41, 5.74) is 4.07. The lowest BCUT2D eigenvalue weighted by molar-refractivity contribution is -0.901. The Balaban J connectivity index is 1.54. The molecule has 0 unspecified atom stereocenters. The summed E-state index contributed by atoms with van der Waals surface area (Å²) in [5, 5.41) is 5.01. The summed E-state index contributed by atoms with van der Waals surface area (Å²) >= 11 is 0. The number of carbonyl (C=O) groups excluding carboxylic acids is 2. The summed E-state index contributed by atoms with van der Waals surface area (Å²) in [6.45, 7) is 7.86. The fraction of sp³-hybridized carbons (Fsp3) is 0.391. The highest BCUT2D eigenvalue weighted by Crippen LogP contribution is 2.10. The summed E-state index contributed by atoms with van der Waals surface area (Å²) in [6, 6.07) is 15.4. The quantitative estimate of drug-likeness (QED) is 0.601. The SMILES string of the molecule is CC(=O)c1ccc(NC(=O)[C@H](C)[NH2+]Cc2ccccc2C[NH+]2CCCC2)cc1. The van der Waals surface area contributed by atoms with Crippen molar-refractivity contribution in [3.05, 3.63) is 65.2 Å². The Kier molecular flexibility index (Phi) is 6.95. The first-order valence-electron chi connectivity index (χ1n) is 10.2. The highest BCUT2D eigenvalue weighted by molar-refractivity contribution is 5.96. The maximum absolute atomic E-state index is 12.5. The zero-order valence-electron chi connectivity index (χ0n) is 16.8. The van der Waals surface area contributed by atoms with Crippen LogP contribution in [0.2, 0.25) is 0 Å². The van der Waals surface area contributed by atoms with Crippen molar-refractivity contribution in [1.82, 2.24) is 0 Å². The molecular weight excluding hydrogens is 350 g/mol. The number of likely N-dealkylation sites (tertiary alicyclic amines) is 1. The summed E-state index contributed by atoms with van der Waals surface area (Å²) in [5.74, 6) is -0.00719. The lowest BCUT2D eigenvalue weighted by atomic mass is 10.1. The largest absolute Gasteiger partial charge is 0.332 e. The molecule has 1 amide bonds. The first-order chi connectivity index (χ1) is 13.5. The van der Waals surface area contributed by atoms with Gasteiger partial charge in [0.1, 0.15) is 13.1 Å². The van der Waals surface area contributed by atoms with Crippen molar-refractivity contribution in [2.75, 3.05) is 18.4 Å². The molecule has 1 saturated heterocycles. The van der Waals surface area contributed by atoms with Crippen molar-refractivity contribution in [2.24, 2.45) is 0 Å². The normalized spacial score (nSPS) is 15.4. The number of Topliss-reactive ketones (excluding diaryl/α,β-unsaturated/α-hetero) is 1. The maximum atomic E-state index is 12.5. The lowest BCUT2D eigenvalue weighted by Crippen LogP contribution is -3.08. The van der Waals surface area contributed by atoms with Gasteiger partial charge in [0.2, 0.25) is 0 Å².